The monoisotopic (exact) mass is 285 g/mol. The van der Waals surface area contributed by atoms with Crippen LogP contribution >= 0.6 is 0 Å². The van der Waals surface area contributed by atoms with E-state index in [4.69, 9.17) is 4.74 Å². The largest absolute Gasteiger partial charge is 0.457 e. The number of para-hydroxylation sites is 1. The number of carbonyl (C=O) groups excluding carboxylic acids is 1. The van der Waals surface area contributed by atoms with Crippen LogP contribution in [0.2, 0.25) is 0 Å². The molecule has 3 rings (SSSR count). The van der Waals surface area contributed by atoms with Crippen LogP contribution in [-0.2, 0) is 10.9 Å². The lowest BCUT2D eigenvalue weighted by atomic mass is 10.2. The fourth-order valence-electron chi connectivity index (χ4n) is 2.29. The first-order valence-electron chi connectivity index (χ1n) is 6.88. The summed E-state index contributed by atoms with van der Waals surface area (Å²) in [6.45, 7) is 0. The lowest BCUT2D eigenvalue weighted by Crippen LogP contribution is -2.16. The highest BCUT2D eigenvalue weighted by Gasteiger charge is 2.33. The third kappa shape index (κ3) is 3.05. The maximum Gasteiger partial charge on any atom is 0.361 e. The first-order chi connectivity index (χ1) is 9.83. The van der Waals surface area contributed by atoms with Crippen molar-refractivity contribution in [3.63, 3.8) is 0 Å². The van der Waals surface area contributed by atoms with Crippen LogP contribution in [0.15, 0.2) is 54.6 Å². The summed E-state index contributed by atoms with van der Waals surface area (Å²) in [5.74, 6) is 3.72. The van der Waals surface area contributed by atoms with E-state index in [9.17, 15) is 4.79 Å². The van der Waals surface area contributed by atoms with Crippen molar-refractivity contribution in [2.75, 3.05) is 11.5 Å². The molecule has 1 saturated heterocycles. The number of carbonyl (C=O) groups is 1. The summed E-state index contributed by atoms with van der Waals surface area (Å²) in [5, 5.41) is 0.314. The summed E-state index contributed by atoms with van der Waals surface area (Å²) in [5.41, 5.74) is 0.815. The lowest BCUT2D eigenvalue weighted by Gasteiger charge is -2.05. The van der Waals surface area contributed by atoms with Crippen molar-refractivity contribution >= 4 is 16.0 Å². The molecular formula is C17H17O2S+. The number of hydrogen-bond donors (Lipinski definition) is 0. The van der Waals surface area contributed by atoms with Gasteiger partial charge in [0.05, 0.1) is 16.5 Å². The summed E-state index contributed by atoms with van der Waals surface area (Å²) in [7, 11) is -0.0473. The Morgan fingerprint density at radius 2 is 1.45 bits per heavy atom. The Morgan fingerprint density at radius 3 is 2.10 bits per heavy atom. The van der Waals surface area contributed by atoms with Gasteiger partial charge in [-0.25, -0.2) is 4.79 Å². The summed E-state index contributed by atoms with van der Waals surface area (Å²) in [4.78, 5) is 12.3. The Bertz CT molecular complexity index is 572. The van der Waals surface area contributed by atoms with E-state index in [1.165, 1.54) is 12.8 Å². The fraction of sp³-hybridized carbons (Fsp3) is 0.235. The smallest absolute Gasteiger partial charge is 0.361 e. The molecule has 0 unspecified atom stereocenters. The minimum atomic E-state index is -0.0473. The molecule has 0 spiro atoms. The number of hydrogen-bond acceptors (Lipinski definition) is 2. The van der Waals surface area contributed by atoms with Crippen LogP contribution in [0.25, 0.3) is 0 Å². The maximum absolute atomic E-state index is 12.3. The highest BCUT2D eigenvalue weighted by atomic mass is 32.2. The quantitative estimate of drug-likeness (QED) is 0.796. The molecule has 0 aromatic heterocycles. The van der Waals surface area contributed by atoms with Gasteiger partial charge in [0.2, 0.25) is 0 Å². The van der Waals surface area contributed by atoms with Crippen molar-refractivity contribution in [1.29, 1.82) is 0 Å². The van der Waals surface area contributed by atoms with Crippen molar-refractivity contribution in [3.8, 4) is 11.5 Å². The molecule has 0 N–H and O–H groups in total. The van der Waals surface area contributed by atoms with E-state index in [0.717, 1.165) is 28.6 Å². The van der Waals surface area contributed by atoms with Crippen molar-refractivity contribution in [2.24, 2.45) is 0 Å². The van der Waals surface area contributed by atoms with Crippen LogP contribution in [0, 0.1) is 0 Å². The van der Waals surface area contributed by atoms with Gasteiger partial charge in [0.15, 0.2) is 0 Å². The van der Waals surface area contributed by atoms with E-state index >= 15 is 0 Å². The van der Waals surface area contributed by atoms with Crippen LogP contribution < -0.4 is 4.74 Å². The van der Waals surface area contributed by atoms with E-state index in [-0.39, 0.29) is 10.9 Å². The zero-order valence-corrected chi connectivity index (χ0v) is 12.1. The zero-order chi connectivity index (χ0) is 13.8. The van der Waals surface area contributed by atoms with Gasteiger partial charge in [-0.2, -0.15) is 0 Å². The molecule has 2 aromatic rings. The highest BCUT2D eigenvalue weighted by Crippen LogP contribution is 2.23. The standard InChI is InChI=1S/C17H17O2S/c18-17(20-12-4-5-13-20)14-8-10-16(11-9-14)19-15-6-2-1-3-7-15/h1-3,6-11H,4-5,12-13H2/q+1. The molecular weight excluding hydrogens is 268 g/mol. The van der Waals surface area contributed by atoms with Gasteiger partial charge in [-0.1, -0.05) is 18.2 Å². The summed E-state index contributed by atoms with van der Waals surface area (Å²) in [6, 6.07) is 17.2. The molecule has 1 heterocycles. The van der Waals surface area contributed by atoms with Gasteiger partial charge in [-0.05, 0) is 49.2 Å². The molecule has 0 bridgehead atoms. The van der Waals surface area contributed by atoms with Gasteiger partial charge in [-0.3, -0.25) is 0 Å². The summed E-state index contributed by atoms with van der Waals surface area (Å²) >= 11 is 0. The average molecular weight is 285 g/mol. The van der Waals surface area contributed by atoms with Gasteiger partial charge >= 0.3 is 5.12 Å². The molecule has 1 aliphatic rings. The predicted octanol–water partition coefficient (Wildman–Crippen LogP) is 4.03. The van der Waals surface area contributed by atoms with Crippen LogP contribution in [0.3, 0.4) is 0 Å². The van der Waals surface area contributed by atoms with Crippen LogP contribution in [0.5, 0.6) is 11.5 Å². The fourth-order valence-corrected chi connectivity index (χ4v) is 4.44. The highest BCUT2D eigenvalue weighted by molar-refractivity contribution is 8.11. The topological polar surface area (TPSA) is 26.3 Å². The molecule has 20 heavy (non-hydrogen) atoms. The van der Waals surface area contributed by atoms with E-state index < -0.39 is 0 Å². The minimum absolute atomic E-state index is 0.0473. The van der Waals surface area contributed by atoms with Gasteiger partial charge < -0.3 is 4.74 Å². The first kappa shape index (κ1) is 13.3. The van der Waals surface area contributed by atoms with Crippen LogP contribution in [0.4, 0.5) is 0 Å². The van der Waals surface area contributed by atoms with Gasteiger partial charge in [0.1, 0.15) is 23.0 Å². The minimum Gasteiger partial charge on any atom is -0.457 e. The Labute approximate surface area is 122 Å². The second kappa shape index (κ2) is 6.14. The second-order valence-corrected chi connectivity index (χ2v) is 7.01. The maximum atomic E-state index is 12.3. The van der Waals surface area contributed by atoms with E-state index in [2.05, 4.69) is 0 Å². The summed E-state index contributed by atoms with van der Waals surface area (Å²) < 4.78 is 5.73. The predicted molar refractivity (Wildman–Crippen MR) is 83.6 cm³/mol. The molecule has 0 aliphatic carbocycles. The zero-order valence-electron chi connectivity index (χ0n) is 11.2. The molecule has 102 valence electrons. The van der Waals surface area contributed by atoms with Gasteiger partial charge in [0, 0.05) is 0 Å². The van der Waals surface area contributed by atoms with Crippen LogP contribution in [0.1, 0.15) is 23.2 Å². The Kier molecular flexibility index (Phi) is 4.07. The third-order valence-electron chi connectivity index (χ3n) is 3.36. The normalized spacial score (nSPS) is 15.2. The molecule has 2 aromatic carbocycles. The molecule has 0 saturated carbocycles. The molecule has 2 nitrogen and oxygen atoms in total. The Hall–Kier alpha value is -1.74. The molecule has 1 aliphatic heterocycles. The number of ether oxygens (including phenoxy) is 1. The van der Waals surface area contributed by atoms with Crippen molar-refractivity contribution in [3.05, 3.63) is 60.2 Å². The van der Waals surface area contributed by atoms with Gasteiger partial charge in [0.25, 0.3) is 0 Å². The number of benzene rings is 2. The number of rotatable bonds is 3. The van der Waals surface area contributed by atoms with Crippen molar-refractivity contribution in [2.45, 2.75) is 12.8 Å². The third-order valence-corrected chi connectivity index (χ3v) is 5.69. The lowest BCUT2D eigenvalue weighted by molar-refractivity contribution is 0.108. The first-order valence-corrected chi connectivity index (χ1v) is 8.44. The van der Waals surface area contributed by atoms with Crippen molar-refractivity contribution < 1.29 is 9.53 Å². The average Bonchev–Trinajstić information content (AvgIpc) is 3.03. The molecule has 0 atom stereocenters. The molecule has 3 heteroatoms. The molecule has 1 fully saturated rings. The van der Waals surface area contributed by atoms with E-state index in [1.54, 1.807) is 0 Å². The molecule has 0 radical (unpaired) electrons. The second-order valence-electron chi connectivity index (χ2n) is 4.84. The Morgan fingerprint density at radius 1 is 0.850 bits per heavy atom. The Balaban J connectivity index is 1.69. The van der Waals surface area contributed by atoms with E-state index in [1.807, 2.05) is 54.6 Å². The van der Waals surface area contributed by atoms with Crippen molar-refractivity contribution in [1.82, 2.24) is 0 Å². The SMILES string of the molecule is O=C(c1ccc(Oc2ccccc2)cc1)[S+]1CCCC1. The van der Waals surface area contributed by atoms with Crippen LogP contribution in [-0.4, -0.2) is 16.6 Å². The van der Waals surface area contributed by atoms with E-state index in [0.29, 0.717) is 5.12 Å². The molecule has 0 amide bonds. The van der Waals surface area contributed by atoms with Gasteiger partial charge in [-0.15, -0.1) is 0 Å². The summed E-state index contributed by atoms with van der Waals surface area (Å²) in [6.07, 6.45) is 2.40.